The van der Waals surface area contributed by atoms with Crippen molar-refractivity contribution in [2.24, 2.45) is 0 Å². The highest BCUT2D eigenvalue weighted by Gasteiger charge is 2.23. The molecule has 1 aliphatic rings. The molecule has 23 heavy (non-hydrogen) atoms. The maximum absolute atomic E-state index is 6.14. The molecule has 3 heterocycles. The number of benzene rings is 1. The molecule has 1 aliphatic heterocycles. The number of aromatic nitrogens is 2. The molecule has 0 spiro atoms. The first-order valence-electron chi connectivity index (χ1n) is 7.91. The Morgan fingerprint density at radius 1 is 1.17 bits per heavy atom. The van der Waals surface area contributed by atoms with Gasteiger partial charge in [0.1, 0.15) is 11.5 Å². The minimum atomic E-state index is 0.806. The van der Waals surface area contributed by atoms with Gasteiger partial charge in [-0.15, -0.1) is 11.3 Å². The average molecular weight is 344 g/mol. The zero-order valence-corrected chi connectivity index (χ0v) is 14.5. The van der Waals surface area contributed by atoms with Crippen molar-refractivity contribution in [1.29, 1.82) is 0 Å². The third-order valence-electron chi connectivity index (χ3n) is 4.28. The van der Waals surface area contributed by atoms with E-state index in [4.69, 9.17) is 16.7 Å². The predicted octanol–water partition coefficient (Wildman–Crippen LogP) is 5.31. The lowest BCUT2D eigenvalue weighted by Gasteiger charge is -2.11. The fourth-order valence-electron chi connectivity index (χ4n) is 3.12. The van der Waals surface area contributed by atoms with Gasteiger partial charge in [0.2, 0.25) is 0 Å². The standard InChI is InChI=1S/C18H18ClN3S/c1-12-6-2-3-8-14(12)22-18-13(7-4-5-11-20-18)17(21-22)15-9-10-16(19)23-15/h2-3,6,8-10,20H,4-5,7,11H2,1H3. The molecule has 0 atom stereocenters. The highest BCUT2D eigenvalue weighted by molar-refractivity contribution is 7.19. The second-order valence-electron chi connectivity index (χ2n) is 5.86. The molecule has 3 aromatic rings. The van der Waals surface area contributed by atoms with Crippen LogP contribution in [0.4, 0.5) is 5.82 Å². The van der Waals surface area contributed by atoms with E-state index in [1.54, 1.807) is 11.3 Å². The molecular weight excluding hydrogens is 326 g/mol. The van der Waals surface area contributed by atoms with Crippen LogP contribution in [-0.4, -0.2) is 16.3 Å². The van der Waals surface area contributed by atoms with Crippen LogP contribution >= 0.6 is 22.9 Å². The first kappa shape index (κ1) is 14.8. The van der Waals surface area contributed by atoms with Crippen LogP contribution in [0.15, 0.2) is 36.4 Å². The Kier molecular flexibility index (Phi) is 3.87. The van der Waals surface area contributed by atoms with Crippen LogP contribution in [0.25, 0.3) is 16.3 Å². The Morgan fingerprint density at radius 2 is 2.04 bits per heavy atom. The summed E-state index contributed by atoms with van der Waals surface area (Å²) in [6.07, 6.45) is 3.43. The van der Waals surface area contributed by atoms with Crippen LogP contribution < -0.4 is 5.32 Å². The smallest absolute Gasteiger partial charge is 0.133 e. The van der Waals surface area contributed by atoms with E-state index in [2.05, 4.69) is 47.3 Å². The summed E-state index contributed by atoms with van der Waals surface area (Å²) in [5, 5.41) is 8.54. The summed E-state index contributed by atoms with van der Waals surface area (Å²) in [5.74, 6) is 1.14. The lowest BCUT2D eigenvalue weighted by Crippen LogP contribution is -2.08. The summed E-state index contributed by atoms with van der Waals surface area (Å²) < 4.78 is 2.87. The summed E-state index contributed by atoms with van der Waals surface area (Å²) in [6.45, 7) is 3.12. The van der Waals surface area contributed by atoms with Crippen molar-refractivity contribution in [2.45, 2.75) is 26.2 Å². The highest BCUT2D eigenvalue weighted by Crippen LogP contribution is 2.38. The minimum absolute atomic E-state index is 0.806. The number of aryl methyl sites for hydroxylation is 1. The van der Waals surface area contributed by atoms with Crippen LogP contribution in [0.1, 0.15) is 24.0 Å². The third-order valence-corrected chi connectivity index (χ3v) is 5.52. The Labute approximate surface area is 144 Å². The molecule has 0 radical (unpaired) electrons. The van der Waals surface area contributed by atoms with Crippen molar-refractivity contribution >= 4 is 28.8 Å². The van der Waals surface area contributed by atoms with E-state index < -0.39 is 0 Å². The molecule has 0 fully saturated rings. The molecule has 5 heteroatoms. The summed E-state index contributed by atoms with van der Waals surface area (Å²) in [6, 6.07) is 12.4. The largest absolute Gasteiger partial charge is 0.370 e. The van der Waals surface area contributed by atoms with Crippen LogP contribution in [-0.2, 0) is 6.42 Å². The fourth-order valence-corrected chi connectivity index (χ4v) is 4.17. The molecule has 0 saturated heterocycles. The Hall–Kier alpha value is -1.78. The SMILES string of the molecule is Cc1ccccc1-n1nc(-c2ccc(Cl)s2)c2c1NCCCC2. The highest BCUT2D eigenvalue weighted by atomic mass is 35.5. The molecule has 0 saturated carbocycles. The number of nitrogens with one attached hydrogen (secondary N) is 1. The van der Waals surface area contributed by atoms with Crippen molar-refractivity contribution in [2.75, 3.05) is 11.9 Å². The van der Waals surface area contributed by atoms with Gasteiger partial charge in [-0.1, -0.05) is 29.8 Å². The van der Waals surface area contributed by atoms with E-state index in [1.807, 2.05) is 6.07 Å². The van der Waals surface area contributed by atoms with Gasteiger partial charge in [0.05, 0.1) is 14.9 Å². The molecule has 4 rings (SSSR count). The van der Waals surface area contributed by atoms with E-state index in [9.17, 15) is 0 Å². The molecule has 3 nitrogen and oxygen atoms in total. The van der Waals surface area contributed by atoms with E-state index in [0.29, 0.717) is 0 Å². The summed E-state index contributed by atoms with van der Waals surface area (Å²) in [4.78, 5) is 1.14. The monoisotopic (exact) mass is 343 g/mol. The second kappa shape index (κ2) is 6.02. The maximum atomic E-state index is 6.14. The van der Waals surface area contributed by atoms with E-state index in [-0.39, 0.29) is 0 Å². The van der Waals surface area contributed by atoms with Crippen LogP contribution in [0.3, 0.4) is 0 Å². The molecule has 1 N–H and O–H groups in total. The number of halogens is 1. The van der Waals surface area contributed by atoms with Crippen molar-refractivity contribution in [3.63, 3.8) is 0 Å². The van der Waals surface area contributed by atoms with E-state index >= 15 is 0 Å². The Bertz CT molecular complexity index is 850. The normalized spacial score (nSPS) is 14.2. The number of hydrogen-bond acceptors (Lipinski definition) is 3. The number of fused-ring (bicyclic) bond motifs is 1. The summed E-state index contributed by atoms with van der Waals surface area (Å²) >= 11 is 7.74. The number of anilines is 1. The van der Waals surface area contributed by atoms with Crippen LogP contribution in [0.2, 0.25) is 4.34 Å². The second-order valence-corrected chi connectivity index (χ2v) is 7.58. The van der Waals surface area contributed by atoms with Gasteiger partial charge in [0, 0.05) is 12.1 Å². The van der Waals surface area contributed by atoms with Gasteiger partial charge >= 0.3 is 0 Å². The number of hydrogen-bond donors (Lipinski definition) is 1. The quantitative estimate of drug-likeness (QED) is 0.683. The Balaban J connectivity index is 1.93. The summed E-state index contributed by atoms with van der Waals surface area (Å²) in [7, 11) is 0. The first-order valence-corrected chi connectivity index (χ1v) is 9.11. The molecule has 0 amide bonds. The fraction of sp³-hybridized carbons (Fsp3) is 0.278. The zero-order valence-electron chi connectivity index (χ0n) is 13.0. The zero-order chi connectivity index (χ0) is 15.8. The van der Waals surface area contributed by atoms with Crippen LogP contribution in [0.5, 0.6) is 0 Å². The first-order chi connectivity index (χ1) is 11.2. The van der Waals surface area contributed by atoms with Crippen LogP contribution in [0, 0.1) is 6.92 Å². The van der Waals surface area contributed by atoms with Crippen molar-refractivity contribution in [3.8, 4) is 16.3 Å². The van der Waals surface area contributed by atoms with E-state index in [0.717, 1.165) is 39.4 Å². The Morgan fingerprint density at radius 3 is 2.83 bits per heavy atom. The van der Waals surface area contributed by atoms with Gasteiger partial charge in [0.15, 0.2) is 0 Å². The number of thiophene rings is 1. The van der Waals surface area contributed by atoms with Gasteiger partial charge in [-0.25, -0.2) is 4.68 Å². The van der Waals surface area contributed by atoms with E-state index in [1.165, 1.54) is 24.0 Å². The molecule has 2 aromatic heterocycles. The summed E-state index contributed by atoms with van der Waals surface area (Å²) in [5.41, 5.74) is 4.73. The lowest BCUT2D eigenvalue weighted by atomic mass is 10.1. The minimum Gasteiger partial charge on any atom is -0.370 e. The van der Waals surface area contributed by atoms with Crippen molar-refractivity contribution < 1.29 is 0 Å². The number of rotatable bonds is 2. The average Bonchev–Trinajstić information content (AvgIpc) is 3.03. The number of para-hydroxylation sites is 1. The third kappa shape index (κ3) is 2.66. The van der Waals surface area contributed by atoms with Gasteiger partial charge in [-0.05, 0) is 49.9 Å². The molecule has 1 aromatic carbocycles. The molecule has 0 bridgehead atoms. The predicted molar refractivity (Wildman–Crippen MR) is 98.1 cm³/mol. The molecule has 0 aliphatic carbocycles. The molecule has 118 valence electrons. The topological polar surface area (TPSA) is 29.9 Å². The molecular formula is C18H18ClN3S. The van der Waals surface area contributed by atoms with Gasteiger partial charge < -0.3 is 5.32 Å². The van der Waals surface area contributed by atoms with Gasteiger partial charge in [-0.2, -0.15) is 5.10 Å². The van der Waals surface area contributed by atoms with Gasteiger partial charge in [-0.3, -0.25) is 0 Å². The maximum Gasteiger partial charge on any atom is 0.133 e. The number of nitrogens with zero attached hydrogens (tertiary/aromatic N) is 2. The van der Waals surface area contributed by atoms with Crippen molar-refractivity contribution in [1.82, 2.24) is 9.78 Å². The van der Waals surface area contributed by atoms with Crippen molar-refractivity contribution in [3.05, 3.63) is 51.9 Å². The lowest BCUT2D eigenvalue weighted by molar-refractivity contribution is 0.780. The molecule has 0 unspecified atom stereocenters. The van der Waals surface area contributed by atoms with Gasteiger partial charge in [0.25, 0.3) is 0 Å².